The Morgan fingerprint density at radius 3 is 2.36 bits per heavy atom. The lowest BCUT2D eigenvalue weighted by molar-refractivity contribution is -0.136. The molecule has 0 aromatic heterocycles. The highest BCUT2D eigenvalue weighted by molar-refractivity contribution is 7.91. The Balaban J connectivity index is 1.50. The third kappa shape index (κ3) is 3.69. The van der Waals surface area contributed by atoms with Gasteiger partial charge in [-0.3, -0.25) is 4.79 Å². The monoisotopic (exact) mass is 321 g/mol. The normalized spacial score (nSPS) is 25.3. The largest absolute Gasteiger partial charge is 0.342 e. The van der Waals surface area contributed by atoms with Crippen LogP contribution < -0.4 is 0 Å². The average Bonchev–Trinajstić information content (AvgIpc) is 2.88. The Morgan fingerprint density at radius 1 is 1.09 bits per heavy atom. The van der Waals surface area contributed by atoms with E-state index in [0.717, 1.165) is 32.4 Å². The number of benzene rings is 1. The number of carbonyl (C=O) groups excluding carboxylic acids is 1. The van der Waals surface area contributed by atoms with Crippen molar-refractivity contribution in [3.05, 3.63) is 35.9 Å². The standard InChI is InChI=1S/C17H23NO3S/c19-17(16-8-11-22(20,21)13-16)18-9-6-15(7-10-18)12-14-4-2-1-3-5-14/h1-5,15-16H,6-13H2/t16-/m1/s1. The molecule has 1 aromatic rings. The first-order valence-corrected chi connectivity index (χ1v) is 9.89. The topological polar surface area (TPSA) is 54.5 Å². The van der Waals surface area contributed by atoms with E-state index in [1.807, 2.05) is 11.0 Å². The highest BCUT2D eigenvalue weighted by Gasteiger charge is 2.36. The fourth-order valence-electron chi connectivity index (χ4n) is 3.55. The average molecular weight is 321 g/mol. The lowest BCUT2D eigenvalue weighted by Crippen LogP contribution is -2.42. The van der Waals surface area contributed by atoms with E-state index < -0.39 is 9.84 Å². The van der Waals surface area contributed by atoms with Crippen molar-refractivity contribution in [1.29, 1.82) is 0 Å². The highest BCUT2D eigenvalue weighted by Crippen LogP contribution is 2.26. The van der Waals surface area contributed by atoms with Crippen LogP contribution in [0.1, 0.15) is 24.8 Å². The van der Waals surface area contributed by atoms with Gasteiger partial charge in [0.25, 0.3) is 0 Å². The summed E-state index contributed by atoms with van der Waals surface area (Å²) in [7, 11) is -2.98. The minimum Gasteiger partial charge on any atom is -0.342 e. The zero-order valence-corrected chi connectivity index (χ0v) is 13.6. The zero-order chi connectivity index (χ0) is 15.6. The summed E-state index contributed by atoms with van der Waals surface area (Å²) in [5, 5.41) is 0. The molecule has 2 heterocycles. The summed E-state index contributed by atoms with van der Waals surface area (Å²) in [5.41, 5.74) is 1.36. The molecule has 22 heavy (non-hydrogen) atoms. The molecule has 3 rings (SSSR count). The summed E-state index contributed by atoms with van der Waals surface area (Å²) < 4.78 is 23.0. The summed E-state index contributed by atoms with van der Waals surface area (Å²) in [4.78, 5) is 14.3. The number of hydrogen-bond acceptors (Lipinski definition) is 3. The van der Waals surface area contributed by atoms with Gasteiger partial charge in [0.15, 0.2) is 9.84 Å². The predicted octanol–water partition coefficient (Wildman–Crippen LogP) is 1.90. The Hall–Kier alpha value is -1.36. The molecule has 2 saturated heterocycles. The van der Waals surface area contributed by atoms with Crippen LogP contribution in [0.4, 0.5) is 0 Å². The van der Waals surface area contributed by atoms with Crippen LogP contribution in [0.25, 0.3) is 0 Å². The van der Waals surface area contributed by atoms with E-state index in [1.54, 1.807) is 0 Å². The molecule has 0 unspecified atom stereocenters. The number of carbonyl (C=O) groups is 1. The second-order valence-electron chi connectivity index (χ2n) is 6.56. The van der Waals surface area contributed by atoms with Gasteiger partial charge in [0.2, 0.25) is 5.91 Å². The molecular formula is C17H23NO3S. The molecule has 5 heteroatoms. The van der Waals surface area contributed by atoms with Gasteiger partial charge in [-0.2, -0.15) is 0 Å². The van der Waals surface area contributed by atoms with Crippen molar-refractivity contribution in [2.75, 3.05) is 24.6 Å². The van der Waals surface area contributed by atoms with Crippen LogP contribution in [0.15, 0.2) is 30.3 Å². The van der Waals surface area contributed by atoms with E-state index in [1.165, 1.54) is 5.56 Å². The van der Waals surface area contributed by atoms with Crippen molar-refractivity contribution < 1.29 is 13.2 Å². The molecule has 0 N–H and O–H groups in total. The van der Waals surface area contributed by atoms with Crippen molar-refractivity contribution >= 4 is 15.7 Å². The van der Waals surface area contributed by atoms with Gasteiger partial charge in [-0.1, -0.05) is 30.3 Å². The summed E-state index contributed by atoms with van der Waals surface area (Å²) in [6.07, 6.45) is 3.60. The fourth-order valence-corrected chi connectivity index (χ4v) is 5.29. The lowest BCUT2D eigenvalue weighted by atomic mass is 9.89. The minimum atomic E-state index is -2.98. The van der Waals surface area contributed by atoms with E-state index in [2.05, 4.69) is 24.3 Å². The van der Waals surface area contributed by atoms with E-state index in [9.17, 15) is 13.2 Å². The van der Waals surface area contributed by atoms with Crippen LogP contribution in [0, 0.1) is 11.8 Å². The summed E-state index contributed by atoms with van der Waals surface area (Å²) in [6.45, 7) is 1.54. The van der Waals surface area contributed by atoms with Gasteiger partial charge in [0.05, 0.1) is 17.4 Å². The van der Waals surface area contributed by atoms with E-state index in [4.69, 9.17) is 0 Å². The van der Waals surface area contributed by atoms with Crippen LogP contribution in [0.2, 0.25) is 0 Å². The molecule has 2 fully saturated rings. The molecule has 1 atom stereocenters. The molecular weight excluding hydrogens is 298 g/mol. The molecule has 1 amide bonds. The van der Waals surface area contributed by atoms with Gasteiger partial charge in [-0.15, -0.1) is 0 Å². The summed E-state index contributed by atoms with van der Waals surface area (Å²) in [6, 6.07) is 10.5. The number of sulfone groups is 1. The third-order valence-electron chi connectivity index (χ3n) is 4.88. The van der Waals surface area contributed by atoms with Crippen LogP contribution in [0.3, 0.4) is 0 Å². The van der Waals surface area contributed by atoms with Crippen molar-refractivity contribution in [3.8, 4) is 0 Å². The van der Waals surface area contributed by atoms with Gasteiger partial charge >= 0.3 is 0 Å². The van der Waals surface area contributed by atoms with Crippen LogP contribution in [0.5, 0.6) is 0 Å². The van der Waals surface area contributed by atoms with Gasteiger partial charge < -0.3 is 4.90 Å². The van der Waals surface area contributed by atoms with E-state index in [-0.39, 0.29) is 23.3 Å². The SMILES string of the molecule is O=C([C@@H]1CCS(=O)(=O)C1)N1CCC(Cc2ccccc2)CC1. The molecule has 120 valence electrons. The van der Waals surface area contributed by atoms with Crippen molar-refractivity contribution in [2.45, 2.75) is 25.7 Å². The molecule has 0 radical (unpaired) electrons. The van der Waals surface area contributed by atoms with Crippen molar-refractivity contribution in [1.82, 2.24) is 4.90 Å². The van der Waals surface area contributed by atoms with Gasteiger partial charge in [0.1, 0.15) is 0 Å². The maximum atomic E-state index is 12.4. The van der Waals surface area contributed by atoms with Crippen LogP contribution in [-0.2, 0) is 21.1 Å². The van der Waals surface area contributed by atoms with Gasteiger partial charge in [-0.25, -0.2) is 8.42 Å². The van der Waals surface area contributed by atoms with Crippen LogP contribution in [-0.4, -0.2) is 43.8 Å². The van der Waals surface area contributed by atoms with Crippen molar-refractivity contribution in [3.63, 3.8) is 0 Å². The maximum Gasteiger partial charge on any atom is 0.226 e. The molecule has 0 bridgehead atoms. The maximum absolute atomic E-state index is 12.4. The Bertz CT molecular complexity index is 619. The first-order chi connectivity index (χ1) is 10.5. The smallest absolute Gasteiger partial charge is 0.226 e. The van der Waals surface area contributed by atoms with Crippen molar-refractivity contribution in [2.24, 2.45) is 11.8 Å². The lowest BCUT2D eigenvalue weighted by Gasteiger charge is -2.33. The highest BCUT2D eigenvalue weighted by atomic mass is 32.2. The van der Waals surface area contributed by atoms with E-state index in [0.29, 0.717) is 12.3 Å². The summed E-state index contributed by atoms with van der Waals surface area (Å²) in [5.74, 6) is 0.609. The van der Waals surface area contributed by atoms with E-state index >= 15 is 0 Å². The number of piperidine rings is 1. The number of amides is 1. The zero-order valence-electron chi connectivity index (χ0n) is 12.8. The molecule has 0 aliphatic carbocycles. The quantitative estimate of drug-likeness (QED) is 0.854. The molecule has 0 saturated carbocycles. The predicted molar refractivity (Wildman–Crippen MR) is 86.2 cm³/mol. The number of rotatable bonds is 3. The van der Waals surface area contributed by atoms with Gasteiger partial charge in [0, 0.05) is 13.1 Å². The molecule has 1 aromatic carbocycles. The minimum absolute atomic E-state index is 0.0514. The second kappa shape index (κ2) is 6.41. The second-order valence-corrected chi connectivity index (χ2v) is 8.79. The third-order valence-corrected chi connectivity index (χ3v) is 6.64. The molecule has 2 aliphatic rings. The fraction of sp³-hybridized carbons (Fsp3) is 0.588. The van der Waals surface area contributed by atoms with Gasteiger partial charge in [-0.05, 0) is 37.2 Å². The molecule has 4 nitrogen and oxygen atoms in total. The van der Waals surface area contributed by atoms with Crippen LogP contribution >= 0.6 is 0 Å². The number of hydrogen-bond donors (Lipinski definition) is 0. The first kappa shape index (κ1) is 15.5. The number of likely N-dealkylation sites (tertiary alicyclic amines) is 1. The molecule has 0 spiro atoms. The molecule has 2 aliphatic heterocycles. The Labute approximate surface area is 132 Å². The Morgan fingerprint density at radius 2 is 1.77 bits per heavy atom. The Kier molecular flexibility index (Phi) is 4.52. The first-order valence-electron chi connectivity index (χ1n) is 8.07. The summed E-state index contributed by atoms with van der Waals surface area (Å²) >= 11 is 0. The number of nitrogens with zero attached hydrogens (tertiary/aromatic N) is 1.